The lowest BCUT2D eigenvalue weighted by molar-refractivity contribution is 0.0957. The average Bonchev–Trinajstić information content (AvgIpc) is 2.94. The number of hydrogen-bond donors (Lipinski definition) is 2. The zero-order chi connectivity index (χ0) is 10.7. The van der Waals surface area contributed by atoms with Crippen LogP contribution in [0.5, 0.6) is 0 Å². The van der Waals surface area contributed by atoms with Crippen molar-refractivity contribution in [2.75, 3.05) is 13.1 Å². The molecular formula is C11H16N2OS. The van der Waals surface area contributed by atoms with Crippen molar-refractivity contribution >= 4 is 17.2 Å². The summed E-state index contributed by atoms with van der Waals surface area (Å²) < 4.78 is 0. The molecule has 1 amide bonds. The quantitative estimate of drug-likeness (QED) is 0.745. The summed E-state index contributed by atoms with van der Waals surface area (Å²) in [5, 5.41) is 8.23. The Balaban J connectivity index is 1.69. The fraction of sp³-hybridized carbons (Fsp3) is 0.545. The third kappa shape index (κ3) is 3.04. The Morgan fingerprint density at radius 2 is 2.33 bits per heavy atom. The number of carbonyl (C=O) groups is 1. The van der Waals surface area contributed by atoms with Gasteiger partial charge in [0.15, 0.2) is 0 Å². The zero-order valence-corrected chi connectivity index (χ0v) is 9.69. The maximum absolute atomic E-state index is 11.7. The van der Waals surface area contributed by atoms with Crippen LogP contribution in [0.1, 0.15) is 28.1 Å². The smallest absolute Gasteiger partial charge is 0.261 e. The predicted octanol–water partition coefficient (Wildman–Crippen LogP) is 1.54. The molecule has 4 heteroatoms. The predicted molar refractivity (Wildman–Crippen MR) is 62.4 cm³/mol. The van der Waals surface area contributed by atoms with E-state index in [-0.39, 0.29) is 5.91 Å². The minimum absolute atomic E-state index is 0.0556. The molecule has 1 saturated carbocycles. The van der Waals surface area contributed by atoms with Gasteiger partial charge >= 0.3 is 0 Å². The first-order chi connectivity index (χ1) is 7.27. The van der Waals surface area contributed by atoms with Gasteiger partial charge in [0.25, 0.3) is 5.91 Å². The van der Waals surface area contributed by atoms with E-state index in [1.807, 2.05) is 18.4 Å². The van der Waals surface area contributed by atoms with E-state index < -0.39 is 0 Å². The highest BCUT2D eigenvalue weighted by atomic mass is 32.1. The van der Waals surface area contributed by atoms with Gasteiger partial charge < -0.3 is 10.6 Å². The number of aryl methyl sites for hydroxylation is 1. The first-order valence-electron chi connectivity index (χ1n) is 5.33. The molecule has 0 aliphatic heterocycles. The van der Waals surface area contributed by atoms with Crippen LogP contribution in [0, 0.1) is 6.92 Å². The molecule has 0 unspecified atom stereocenters. The molecule has 0 aromatic carbocycles. The van der Waals surface area contributed by atoms with Crippen LogP contribution >= 0.6 is 11.3 Å². The third-order valence-corrected chi connectivity index (χ3v) is 3.50. The summed E-state index contributed by atoms with van der Waals surface area (Å²) >= 11 is 1.50. The molecule has 15 heavy (non-hydrogen) atoms. The topological polar surface area (TPSA) is 41.1 Å². The minimum atomic E-state index is 0.0556. The molecule has 1 fully saturated rings. The van der Waals surface area contributed by atoms with Crippen molar-refractivity contribution in [2.45, 2.75) is 25.8 Å². The van der Waals surface area contributed by atoms with Crippen LogP contribution < -0.4 is 10.6 Å². The lowest BCUT2D eigenvalue weighted by Crippen LogP contribution is -2.32. The molecule has 0 radical (unpaired) electrons. The van der Waals surface area contributed by atoms with E-state index >= 15 is 0 Å². The van der Waals surface area contributed by atoms with Crippen molar-refractivity contribution in [1.82, 2.24) is 10.6 Å². The Morgan fingerprint density at radius 3 is 2.93 bits per heavy atom. The lowest BCUT2D eigenvalue weighted by Gasteiger charge is -2.05. The van der Waals surface area contributed by atoms with E-state index in [1.54, 1.807) is 0 Å². The van der Waals surface area contributed by atoms with Crippen LogP contribution in [0.15, 0.2) is 11.4 Å². The second-order valence-corrected chi connectivity index (χ2v) is 4.83. The molecule has 0 saturated heterocycles. The monoisotopic (exact) mass is 224 g/mol. The molecule has 0 bridgehead atoms. The summed E-state index contributed by atoms with van der Waals surface area (Å²) in [6.45, 7) is 3.56. The normalized spacial score (nSPS) is 15.3. The second-order valence-electron chi connectivity index (χ2n) is 3.92. The van der Waals surface area contributed by atoms with Crippen LogP contribution in [-0.4, -0.2) is 25.0 Å². The highest BCUT2D eigenvalue weighted by Gasteiger charge is 2.19. The Hall–Kier alpha value is -0.870. The van der Waals surface area contributed by atoms with Gasteiger partial charge in [-0.15, -0.1) is 11.3 Å². The summed E-state index contributed by atoms with van der Waals surface area (Å²) in [5.74, 6) is 0.0556. The highest BCUT2D eigenvalue weighted by molar-refractivity contribution is 7.12. The minimum Gasteiger partial charge on any atom is -0.350 e. The standard InChI is InChI=1S/C11H16N2OS/c1-8-4-7-15-10(8)11(14)13-6-5-12-9-2-3-9/h4,7,9,12H,2-3,5-6H2,1H3,(H,13,14). The van der Waals surface area contributed by atoms with Gasteiger partial charge in [-0.05, 0) is 36.8 Å². The molecule has 82 valence electrons. The largest absolute Gasteiger partial charge is 0.350 e. The summed E-state index contributed by atoms with van der Waals surface area (Å²) in [6, 6.07) is 2.69. The van der Waals surface area contributed by atoms with Crippen LogP contribution in [0.2, 0.25) is 0 Å². The van der Waals surface area contributed by atoms with E-state index in [4.69, 9.17) is 0 Å². The molecular weight excluding hydrogens is 208 g/mol. The van der Waals surface area contributed by atoms with Crippen molar-refractivity contribution in [3.63, 3.8) is 0 Å². The molecule has 1 heterocycles. The summed E-state index contributed by atoms with van der Waals surface area (Å²) in [6.07, 6.45) is 2.58. The van der Waals surface area contributed by atoms with Gasteiger partial charge in [-0.2, -0.15) is 0 Å². The second kappa shape index (κ2) is 4.77. The Kier molecular flexibility index (Phi) is 3.38. The molecule has 0 spiro atoms. The van der Waals surface area contributed by atoms with Gasteiger partial charge in [-0.1, -0.05) is 0 Å². The Labute approximate surface area is 93.9 Å². The van der Waals surface area contributed by atoms with Gasteiger partial charge in [0.05, 0.1) is 4.88 Å². The molecule has 1 aromatic rings. The van der Waals surface area contributed by atoms with Crippen molar-refractivity contribution < 1.29 is 4.79 Å². The van der Waals surface area contributed by atoms with E-state index in [0.29, 0.717) is 12.6 Å². The fourth-order valence-corrected chi connectivity index (χ4v) is 2.27. The van der Waals surface area contributed by atoms with Crippen LogP contribution in [0.3, 0.4) is 0 Å². The number of hydrogen-bond acceptors (Lipinski definition) is 3. The van der Waals surface area contributed by atoms with Crippen molar-refractivity contribution in [1.29, 1.82) is 0 Å². The van der Waals surface area contributed by atoms with Crippen molar-refractivity contribution in [3.8, 4) is 0 Å². The van der Waals surface area contributed by atoms with Crippen molar-refractivity contribution in [3.05, 3.63) is 21.9 Å². The number of thiophene rings is 1. The third-order valence-electron chi connectivity index (χ3n) is 2.49. The first kappa shape index (κ1) is 10.6. The molecule has 0 atom stereocenters. The molecule has 1 aliphatic carbocycles. The number of nitrogens with one attached hydrogen (secondary N) is 2. The SMILES string of the molecule is Cc1ccsc1C(=O)NCCNC1CC1. The van der Waals surface area contributed by atoms with Gasteiger partial charge in [-0.3, -0.25) is 4.79 Å². The van der Waals surface area contributed by atoms with E-state index in [9.17, 15) is 4.79 Å². The Morgan fingerprint density at radius 1 is 1.53 bits per heavy atom. The maximum Gasteiger partial charge on any atom is 0.261 e. The fourth-order valence-electron chi connectivity index (χ4n) is 1.43. The number of carbonyl (C=O) groups excluding carboxylic acids is 1. The first-order valence-corrected chi connectivity index (χ1v) is 6.21. The summed E-state index contributed by atoms with van der Waals surface area (Å²) in [5.41, 5.74) is 1.06. The van der Waals surface area contributed by atoms with Gasteiger partial charge in [0.1, 0.15) is 0 Å². The molecule has 2 N–H and O–H groups in total. The molecule has 1 aliphatic rings. The Bertz CT molecular complexity index is 344. The van der Waals surface area contributed by atoms with E-state index in [1.165, 1.54) is 24.2 Å². The zero-order valence-electron chi connectivity index (χ0n) is 8.88. The highest BCUT2D eigenvalue weighted by Crippen LogP contribution is 2.18. The van der Waals surface area contributed by atoms with Gasteiger partial charge in [0.2, 0.25) is 0 Å². The van der Waals surface area contributed by atoms with Crippen LogP contribution in [-0.2, 0) is 0 Å². The van der Waals surface area contributed by atoms with Crippen LogP contribution in [0.4, 0.5) is 0 Å². The molecule has 1 aromatic heterocycles. The van der Waals surface area contributed by atoms with Crippen LogP contribution in [0.25, 0.3) is 0 Å². The van der Waals surface area contributed by atoms with E-state index in [0.717, 1.165) is 17.0 Å². The van der Waals surface area contributed by atoms with E-state index in [2.05, 4.69) is 10.6 Å². The lowest BCUT2D eigenvalue weighted by atomic mass is 10.3. The van der Waals surface area contributed by atoms with Crippen molar-refractivity contribution in [2.24, 2.45) is 0 Å². The van der Waals surface area contributed by atoms with Gasteiger partial charge in [0, 0.05) is 19.1 Å². The summed E-state index contributed by atoms with van der Waals surface area (Å²) in [4.78, 5) is 12.5. The number of rotatable bonds is 5. The average molecular weight is 224 g/mol. The molecule has 2 rings (SSSR count). The maximum atomic E-state index is 11.7. The number of amides is 1. The van der Waals surface area contributed by atoms with Gasteiger partial charge in [-0.25, -0.2) is 0 Å². The molecule has 3 nitrogen and oxygen atoms in total. The summed E-state index contributed by atoms with van der Waals surface area (Å²) in [7, 11) is 0.